The number of rotatable bonds is 7. The zero-order valence-corrected chi connectivity index (χ0v) is 19.9. The molecule has 168 valence electrons. The Kier molecular flexibility index (Phi) is 6.40. The van der Waals surface area contributed by atoms with Crippen molar-refractivity contribution in [3.63, 3.8) is 0 Å². The third kappa shape index (κ3) is 5.02. The van der Waals surface area contributed by atoms with Crippen molar-refractivity contribution in [1.82, 2.24) is 9.78 Å². The molecule has 5 aromatic rings. The van der Waals surface area contributed by atoms with Crippen LogP contribution in [-0.2, 0) is 13.2 Å². The fourth-order valence-corrected chi connectivity index (χ4v) is 4.25. The maximum Gasteiger partial charge on any atom is 0.255 e. The molecule has 5 rings (SSSR count). The zero-order valence-electron chi connectivity index (χ0n) is 18.3. The summed E-state index contributed by atoms with van der Waals surface area (Å²) >= 11 is 3.48. The predicted octanol–water partition coefficient (Wildman–Crippen LogP) is 6.68. The molecule has 0 saturated carbocycles. The summed E-state index contributed by atoms with van der Waals surface area (Å²) in [5.74, 6) is 0.573. The molecule has 0 spiro atoms. The van der Waals surface area contributed by atoms with Crippen LogP contribution >= 0.6 is 15.9 Å². The highest BCUT2D eigenvalue weighted by Gasteiger charge is 2.10. The van der Waals surface area contributed by atoms with E-state index in [0.717, 1.165) is 15.8 Å². The van der Waals surface area contributed by atoms with Crippen LogP contribution < -0.4 is 10.1 Å². The molecule has 0 unspecified atom stereocenters. The van der Waals surface area contributed by atoms with E-state index in [1.165, 1.54) is 16.3 Å². The van der Waals surface area contributed by atoms with Crippen LogP contribution in [0.15, 0.2) is 108 Å². The van der Waals surface area contributed by atoms with Crippen molar-refractivity contribution < 1.29 is 9.53 Å². The van der Waals surface area contributed by atoms with Crippen LogP contribution in [0.1, 0.15) is 21.5 Å². The van der Waals surface area contributed by atoms with Crippen molar-refractivity contribution >= 4 is 38.3 Å². The number of halogens is 1. The summed E-state index contributed by atoms with van der Waals surface area (Å²) in [5, 5.41) is 9.77. The fourth-order valence-electron chi connectivity index (χ4n) is 3.85. The second kappa shape index (κ2) is 9.93. The summed E-state index contributed by atoms with van der Waals surface area (Å²) in [7, 11) is 0. The Hall–Kier alpha value is -3.90. The summed E-state index contributed by atoms with van der Waals surface area (Å²) in [6, 6.07) is 29.7. The minimum Gasteiger partial charge on any atom is -0.488 e. The maximum absolute atomic E-state index is 12.8. The van der Waals surface area contributed by atoms with Gasteiger partial charge in [-0.05, 0) is 62.1 Å². The number of amides is 1. The third-order valence-corrected chi connectivity index (χ3v) is 6.18. The molecule has 1 N–H and O–H groups in total. The van der Waals surface area contributed by atoms with E-state index >= 15 is 0 Å². The van der Waals surface area contributed by atoms with Crippen LogP contribution in [0.2, 0.25) is 0 Å². The molecule has 0 bridgehead atoms. The van der Waals surface area contributed by atoms with Gasteiger partial charge in [-0.25, -0.2) is 0 Å². The van der Waals surface area contributed by atoms with Gasteiger partial charge in [0.05, 0.1) is 22.9 Å². The lowest BCUT2D eigenvalue weighted by molar-refractivity contribution is 0.102. The van der Waals surface area contributed by atoms with Crippen molar-refractivity contribution in [2.75, 3.05) is 5.32 Å². The van der Waals surface area contributed by atoms with Gasteiger partial charge >= 0.3 is 0 Å². The second-order valence-electron chi connectivity index (χ2n) is 7.94. The monoisotopic (exact) mass is 511 g/mol. The van der Waals surface area contributed by atoms with E-state index in [-0.39, 0.29) is 5.91 Å². The summed E-state index contributed by atoms with van der Waals surface area (Å²) in [6.45, 7) is 0.992. The van der Waals surface area contributed by atoms with E-state index in [4.69, 9.17) is 4.74 Å². The molecule has 0 radical (unpaired) electrons. The predicted molar refractivity (Wildman–Crippen MR) is 138 cm³/mol. The van der Waals surface area contributed by atoms with E-state index in [2.05, 4.69) is 56.7 Å². The molecule has 1 amide bonds. The molecule has 6 heteroatoms. The van der Waals surface area contributed by atoms with Crippen molar-refractivity contribution in [2.24, 2.45) is 0 Å². The van der Waals surface area contributed by atoms with E-state index in [1.807, 2.05) is 65.5 Å². The molecule has 0 saturated heterocycles. The third-order valence-electron chi connectivity index (χ3n) is 5.52. The van der Waals surface area contributed by atoms with Gasteiger partial charge in [-0.3, -0.25) is 9.48 Å². The quantitative estimate of drug-likeness (QED) is 0.265. The largest absolute Gasteiger partial charge is 0.488 e. The van der Waals surface area contributed by atoms with Crippen molar-refractivity contribution in [3.05, 3.63) is 125 Å². The van der Waals surface area contributed by atoms with Gasteiger partial charge in [0.15, 0.2) is 0 Å². The number of benzene rings is 4. The van der Waals surface area contributed by atoms with Gasteiger partial charge in [-0.2, -0.15) is 5.10 Å². The molecule has 0 atom stereocenters. The second-order valence-corrected chi connectivity index (χ2v) is 8.79. The Labute approximate surface area is 206 Å². The summed E-state index contributed by atoms with van der Waals surface area (Å²) in [4.78, 5) is 12.8. The highest BCUT2D eigenvalue weighted by atomic mass is 79.9. The highest BCUT2D eigenvalue weighted by molar-refractivity contribution is 9.10. The molecular formula is C28H22BrN3O2. The smallest absolute Gasteiger partial charge is 0.255 e. The van der Waals surface area contributed by atoms with Crippen LogP contribution in [0.25, 0.3) is 10.8 Å². The lowest BCUT2D eigenvalue weighted by Gasteiger charge is -2.09. The molecule has 0 fully saturated rings. The highest BCUT2D eigenvalue weighted by Crippen LogP contribution is 2.25. The first-order valence-corrected chi connectivity index (χ1v) is 11.7. The van der Waals surface area contributed by atoms with Crippen molar-refractivity contribution in [2.45, 2.75) is 13.2 Å². The molecule has 34 heavy (non-hydrogen) atoms. The molecule has 0 aliphatic carbocycles. The molecule has 0 aliphatic heterocycles. The number of anilines is 1. The molecule has 5 nitrogen and oxygen atoms in total. The van der Waals surface area contributed by atoms with Gasteiger partial charge in [-0.1, -0.05) is 66.7 Å². The Bertz CT molecular complexity index is 1460. The number of ether oxygens (including phenoxy) is 1. The standard InChI is InChI=1S/C28H22BrN3O2/c29-26-13-3-4-14-27(26)34-19-20-7-5-10-22(15-20)28(33)31-24-16-30-32(18-24)17-23-11-6-9-21-8-1-2-12-25(21)23/h1-16,18H,17,19H2,(H,31,33). The van der Waals surface area contributed by atoms with Gasteiger partial charge in [0.2, 0.25) is 0 Å². The minimum absolute atomic E-state index is 0.188. The zero-order chi connectivity index (χ0) is 23.3. The van der Waals surface area contributed by atoms with Gasteiger partial charge in [0, 0.05) is 11.8 Å². The van der Waals surface area contributed by atoms with Crippen molar-refractivity contribution in [3.8, 4) is 5.75 Å². The number of aromatic nitrogens is 2. The van der Waals surface area contributed by atoms with Crippen LogP contribution in [0, 0.1) is 0 Å². The molecule has 4 aromatic carbocycles. The van der Waals surface area contributed by atoms with E-state index in [0.29, 0.717) is 24.4 Å². The Morgan fingerprint density at radius 2 is 1.74 bits per heavy atom. The lowest BCUT2D eigenvalue weighted by atomic mass is 10.0. The minimum atomic E-state index is -0.188. The van der Waals surface area contributed by atoms with Gasteiger partial charge in [0.25, 0.3) is 5.91 Å². The molecule has 1 aromatic heterocycles. The number of para-hydroxylation sites is 1. The average molecular weight is 512 g/mol. The fraction of sp³-hybridized carbons (Fsp3) is 0.0714. The van der Waals surface area contributed by atoms with Crippen LogP contribution in [0.4, 0.5) is 5.69 Å². The van der Waals surface area contributed by atoms with Crippen molar-refractivity contribution in [1.29, 1.82) is 0 Å². The average Bonchev–Trinajstić information content (AvgIpc) is 3.30. The first kappa shape index (κ1) is 21.9. The molecule has 1 heterocycles. The Morgan fingerprint density at radius 1 is 0.941 bits per heavy atom. The maximum atomic E-state index is 12.8. The van der Waals surface area contributed by atoms with Gasteiger partial charge in [0.1, 0.15) is 12.4 Å². The normalized spacial score (nSPS) is 10.9. The molecule has 0 aliphatic rings. The number of carbonyl (C=O) groups is 1. The number of nitrogens with zero attached hydrogens (tertiary/aromatic N) is 2. The molecular weight excluding hydrogens is 490 g/mol. The van der Waals surface area contributed by atoms with E-state index < -0.39 is 0 Å². The summed E-state index contributed by atoms with van der Waals surface area (Å²) in [6.07, 6.45) is 3.52. The van der Waals surface area contributed by atoms with Crippen LogP contribution in [-0.4, -0.2) is 15.7 Å². The van der Waals surface area contributed by atoms with Gasteiger partial charge in [-0.15, -0.1) is 0 Å². The number of carbonyl (C=O) groups excluding carboxylic acids is 1. The number of hydrogen-bond donors (Lipinski definition) is 1. The van der Waals surface area contributed by atoms with Gasteiger partial charge < -0.3 is 10.1 Å². The number of nitrogens with one attached hydrogen (secondary N) is 1. The topological polar surface area (TPSA) is 56.2 Å². The Balaban J connectivity index is 1.24. The van der Waals surface area contributed by atoms with Crippen LogP contribution in [0.3, 0.4) is 0 Å². The number of hydrogen-bond acceptors (Lipinski definition) is 3. The lowest BCUT2D eigenvalue weighted by Crippen LogP contribution is -2.12. The first-order chi connectivity index (χ1) is 16.7. The Morgan fingerprint density at radius 3 is 2.65 bits per heavy atom. The SMILES string of the molecule is O=C(Nc1cnn(Cc2cccc3ccccc23)c1)c1cccc(COc2ccccc2Br)c1. The summed E-state index contributed by atoms with van der Waals surface area (Å²) < 4.78 is 8.60. The first-order valence-electron chi connectivity index (χ1n) is 10.9. The summed E-state index contributed by atoms with van der Waals surface area (Å²) in [5.41, 5.74) is 3.31. The van der Waals surface area contributed by atoms with Crippen LogP contribution in [0.5, 0.6) is 5.75 Å². The van der Waals surface area contributed by atoms with E-state index in [1.54, 1.807) is 12.3 Å². The number of fused-ring (bicyclic) bond motifs is 1. The van der Waals surface area contributed by atoms with E-state index in [9.17, 15) is 4.79 Å².